The quantitative estimate of drug-likeness (QED) is 0.324. The highest BCUT2D eigenvalue weighted by molar-refractivity contribution is 6.04. The molecule has 36 heavy (non-hydrogen) atoms. The number of piperidine rings is 1. The van der Waals surface area contributed by atoms with Crippen molar-refractivity contribution in [1.82, 2.24) is 0 Å². The monoisotopic (exact) mass is 478 g/mol. The zero-order valence-electron chi connectivity index (χ0n) is 20.4. The van der Waals surface area contributed by atoms with Crippen molar-refractivity contribution in [1.29, 1.82) is 0 Å². The summed E-state index contributed by atoms with van der Waals surface area (Å²) in [6.45, 7) is 1.87. The Labute approximate surface area is 212 Å². The fourth-order valence-electron chi connectivity index (χ4n) is 4.86. The first-order valence-electron chi connectivity index (χ1n) is 12.3. The van der Waals surface area contributed by atoms with E-state index in [0.717, 1.165) is 54.2 Å². The summed E-state index contributed by atoms with van der Waals surface area (Å²) in [4.78, 5) is 15.3. The average Bonchev–Trinajstić information content (AvgIpc) is 2.94. The molecular weight excluding hydrogens is 448 g/mol. The molecule has 0 aromatic heterocycles. The lowest BCUT2D eigenvalue weighted by molar-refractivity contribution is 0.102. The number of anilines is 2. The Hall–Kier alpha value is -4.25. The number of carbonyl (C=O) groups excluding carboxylic acids is 1. The van der Waals surface area contributed by atoms with Gasteiger partial charge in [0.05, 0.1) is 12.8 Å². The second kappa shape index (κ2) is 10.6. The number of phenolic OH excluding ortho intramolecular Hbond substituents is 1. The molecule has 1 fully saturated rings. The minimum absolute atomic E-state index is 0.161. The summed E-state index contributed by atoms with van der Waals surface area (Å²) in [5.74, 6) is 1.45. The first-order chi connectivity index (χ1) is 17.6. The van der Waals surface area contributed by atoms with Crippen LogP contribution in [0.4, 0.5) is 11.4 Å². The Morgan fingerprint density at radius 2 is 1.50 bits per heavy atom. The van der Waals surface area contributed by atoms with Gasteiger partial charge in [0.25, 0.3) is 5.91 Å². The van der Waals surface area contributed by atoms with Crippen LogP contribution in [0.2, 0.25) is 0 Å². The molecule has 1 aliphatic heterocycles. The number of methoxy groups -OCH3 is 1. The van der Waals surface area contributed by atoms with Crippen molar-refractivity contribution in [3.8, 4) is 22.6 Å². The molecule has 5 nitrogen and oxygen atoms in total. The topological polar surface area (TPSA) is 61.8 Å². The van der Waals surface area contributed by atoms with Crippen LogP contribution in [0.3, 0.4) is 0 Å². The van der Waals surface area contributed by atoms with Gasteiger partial charge in [0, 0.05) is 24.3 Å². The van der Waals surface area contributed by atoms with Crippen molar-refractivity contribution in [3.05, 3.63) is 108 Å². The Kier molecular flexibility index (Phi) is 6.89. The van der Waals surface area contributed by atoms with Crippen molar-refractivity contribution in [3.63, 3.8) is 0 Å². The number of nitrogens with one attached hydrogen (secondary N) is 1. The first kappa shape index (κ1) is 23.5. The van der Waals surface area contributed by atoms with Gasteiger partial charge in [0.2, 0.25) is 0 Å². The standard InChI is InChI=1S/C31H30N2O3/c1-36-30-16-13-27(21-29(30)33-19-17-25(18-20-33)22-5-3-2-4-6-22)32-31(35)26-9-7-23(8-10-26)24-11-14-28(34)15-12-24/h2-16,21,25,34H,17-20H2,1H3,(H,32,35). The van der Waals surface area contributed by atoms with E-state index < -0.39 is 0 Å². The van der Waals surface area contributed by atoms with E-state index in [1.807, 2.05) is 54.6 Å². The predicted octanol–water partition coefficient (Wildman–Crippen LogP) is 6.70. The summed E-state index contributed by atoms with van der Waals surface area (Å²) < 4.78 is 5.65. The highest BCUT2D eigenvalue weighted by Crippen LogP contribution is 2.36. The van der Waals surface area contributed by atoms with Crippen LogP contribution in [0.15, 0.2) is 97.1 Å². The first-order valence-corrected chi connectivity index (χ1v) is 12.3. The molecule has 182 valence electrons. The summed E-state index contributed by atoms with van der Waals surface area (Å²) in [6, 6.07) is 31.0. The third-order valence-corrected chi connectivity index (χ3v) is 6.89. The van der Waals surface area contributed by atoms with Crippen LogP contribution in [0.1, 0.15) is 34.7 Å². The zero-order valence-corrected chi connectivity index (χ0v) is 20.4. The third kappa shape index (κ3) is 5.20. The summed E-state index contributed by atoms with van der Waals surface area (Å²) in [5, 5.41) is 12.5. The van der Waals surface area contributed by atoms with Gasteiger partial charge in [-0.05, 0) is 77.9 Å². The fraction of sp³-hybridized carbons (Fsp3) is 0.194. The van der Waals surface area contributed by atoms with Crippen LogP contribution in [-0.4, -0.2) is 31.2 Å². The molecule has 4 aromatic carbocycles. The maximum absolute atomic E-state index is 13.0. The van der Waals surface area contributed by atoms with Crippen LogP contribution < -0.4 is 15.0 Å². The molecule has 0 radical (unpaired) electrons. The van der Waals surface area contributed by atoms with Gasteiger partial charge in [-0.1, -0.05) is 54.6 Å². The van der Waals surface area contributed by atoms with Crippen molar-refractivity contribution >= 4 is 17.3 Å². The summed E-state index contributed by atoms with van der Waals surface area (Å²) >= 11 is 0. The Morgan fingerprint density at radius 3 is 2.14 bits per heavy atom. The molecule has 5 heteroatoms. The molecule has 1 aliphatic rings. The Bertz CT molecular complexity index is 1310. The number of rotatable bonds is 6. The van der Waals surface area contributed by atoms with Gasteiger partial charge in [0.1, 0.15) is 11.5 Å². The number of nitrogens with zero attached hydrogens (tertiary/aromatic N) is 1. The molecule has 0 bridgehead atoms. The number of hydrogen-bond acceptors (Lipinski definition) is 4. The largest absolute Gasteiger partial charge is 0.508 e. The van der Waals surface area contributed by atoms with Crippen LogP contribution in [0, 0.1) is 0 Å². The van der Waals surface area contributed by atoms with E-state index in [1.54, 1.807) is 19.2 Å². The fourth-order valence-corrected chi connectivity index (χ4v) is 4.86. The number of hydrogen-bond donors (Lipinski definition) is 2. The van der Waals surface area contributed by atoms with Crippen LogP contribution >= 0.6 is 0 Å². The number of carbonyl (C=O) groups is 1. The zero-order chi connectivity index (χ0) is 24.9. The number of benzene rings is 4. The molecular formula is C31H30N2O3. The molecule has 4 aromatic rings. The second-order valence-corrected chi connectivity index (χ2v) is 9.14. The van der Waals surface area contributed by atoms with E-state index in [0.29, 0.717) is 11.5 Å². The van der Waals surface area contributed by atoms with Crippen molar-refractivity contribution in [2.45, 2.75) is 18.8 Å². The molecule has 2 N–H and O–H groups in total. The lowest BCUT2D eigenvalue weighted by Gasteiger charge is -2.34. The Balaban J connectivity index is 1.27. The van der Waals surface area contributed by atoms with E-state index in [1.165, 1.54) is 5.56 Å². The number of aromatic hydroxyl groups is 1. The highest BCUT2D eigenvalue weighted by atomic mass is 16.5. The minimum atomic E-state index is -0.161. The molecule has 0 saturated carbocycles. The molecule has 1 amide bonds. The molecule has 0 atom stereocenters. The van der Waals surface area contributed by atoms with Crippen LogP contribution in [-0.2, 0) is 0 Å². The van der Waals surface area contributed by atoms with E-state index >= 15 is 0 Å². The molecule has 0 unspecified atom stereocenters. The van der Waals surface area contributed by atoms with Gasteiger partial charge in [-0.3, -0.25) is 4.79 Å². The van der Waals surface area contributed by atoms with E-state index in [9.17, 15) is 9.90 Å². The lowest BCUT2D eigenvalue weighted by Crippen LogP contribution is -2.33. The molecule has 5 rings (SSSR count). The van der Waals surface area contributed by atoms with Gasteiger partial charge >= 0.3 is 0 Å². The van der Waals surface area contributed by atoms with Gasteiger partial charge in [-0.2, -0.15) is 0 Å². The summed E-state index contributed by atoms with van der Waals surface area (Å²) in [7, 11) is 1.68. The van der Waals surface area contributed by atoms with Crippen LogP contribution in [0.5, 0.6) is 11.5 Å². The smallest absolute Gasteiger partial charge is 0.255 e. The third-order valence-electron chi connectivity index (χ3n) is 6.89. The van der Waals surface area contributed by atoms with Crippen molar-refractivity contribution in [2.75, 3.05) is 30.4 Å². The number of phenols is 1. The molecule has 0 spiro atoms. The maximum atomic E-state index is 13.0. The number of amides is 1. The maximum Gasteiger partial charge on any atom is 0.255 e. The van der Waals surface area contributed by atoms with Gasteiger partial charge < -0.3 is 20.1 Å². The summed E-state index contributed by atoms with van der Waals surface area (Å²) in [5.41, 5.74) is 5.70. The SMILES string of the molecule is COc1ccc(NC(=O)c2ccc(-c3ccc(O)cc3)cc2)cc1N1CCC(c2ccccc2)CC1. The van der Waals surface area contributed by atoms with Crippen molar-refractivity contribution < 1.29 is 14.6 Å². The van der Waals surface area contributed by atoms with Gasteiger partial charge in [0.15, 0.2) is 0 Å². The average molecular weight is 479 g/mol. The minimum Gasteiger partial charge on any atom is -0.508 e. The van der Waals surface area contributed by atoms with E-state index in [2.05, 4.69) is 40.5 Å². The van der Waals surface area contributed by atoms with E-state index in [-0.39, 0.29) is 11.7 Å². The normalized spacial score (nSPS) is 13.9. The Morgan fingerprint density at radius 1 is 0.861 bits per heavy atom. The second-order valence-electron chi connectivity index (χ2n) is 9.14. The lowest BCUT2D eigenvalue weighted by atomic mass is 9.89. The molecule has 0 aliphatic carbocycles. The predicted molar refractivity (Wildman–Crippen MR) is 145 cm³/mol. The van der Waals surface area contributed by atoms with Crippen molar-refractivity contribution in [2.24, 2.45) is 0 Å². The van der Waals surface area contributed by atoms with Crippen LogP contribution in [0.25, 0.3) is 11.1 Å². The highest BCUT2D eigenvalue weighted by Gasteiger charge is 2.23. The number of ether oxygens (including phenoxy) is 1. The van der Waals surface area contributed by atoms with E-state index in [4.69, 9.17) is 4.74 Å². The van der Waals surface area contributed by atoms with Gasteiger partial charge in [-0.25, -0.2) is 0 Å². The molecule has 1 saturated heterocycles. The summed E-state index contributed by atoms with van der Waals surface area (Å²) in [6.07, 6.45) is 2.16. The molecule has 1 heterocycles. The van der Waals surface area contributed by atoms with Gasteiger partial charge in [-0.15, -0.1) is 0 Å².